The normalized spacial score (nSPS) is 25.8. The molecule has 0 spiro atoms. The van der Waals surface area contributed by atoms with Crippen molar-refractivity contribution in [2.24, 2.45) is 5.92 Å². The SMILES string of the molecule is CCC1CCC(Nc2cccc(N3CCNC3=O)c2)CC1. The van der Waals surface area contributed by atoms with Crippen LogP contribution >= 0.6 is 0 Å². The number of carbonyl (C=O) groups is 1. The van der Waals surface area contributed by atoms with E-state index < -0.39 is 0 Å². The zero-order chi connectivity index (χ0) is 14.7. The third-order valence-electron chi connectivity index (χ3n) is 4.81. The monoisotopic (exact) mass is 287 g/mol. The number of benzene rings is 1. The van der Waals surface area contributed by atoms with Crippen LogP contribution in [0, 0.1) is 5.92 Å². The Bertz CT molecular complexity index is 495. The molecule has 114 valence electrons. The summed E-state index contributed by atoms with van der Waals surface area (Å²) < 4.78 is 0. The topological polar surface area (TPSA) is 44.4 Å². The fourth-order valence-electron chi connectivity index (χ4n) is 3.43. The average molecular weight is 287 g/mol. The predicted octanol–water partition coefficient (Wildman–Crippen LogP) is 3.60. The van der Waals surface area contributed by atoms with E-state index >= 15 is 0 Å². The van der Waals surface area contributed by atoms with Crippen molar-refractivity contribution in [3.8, 4) is 0 Å². The molecule has 0 bridgehead atoms. The highest BCUT2D eigenvalue weighted by Crippen LogP contribution is 2.29. The van der Waals surface area contributed by atoms with Crippen molar-refractivity contribution < 1.29 is 4.79 Å². The highest BCUT2D eigenvalue weighted by Gasteiger charge is 2.22. The molecule has 21 heavy (non-hydrogen) atoms. The zero-order valence-electron chi connectivity index (χ0n) is 12.8. The molecule has 0 unspecified atom stereocenters. The highest BCUT2D eigenvalue weighted by molar-refractivity contribution is 5.94. The summed E-state index contributed by atoms with van der Waals surface area (Å²) in [5, 5.41) is 6.49. The number of carbonyl (C=O) groups excluding carboxylic acids is 1. The fraction of sp³-hybridized carbons (Fsp3) is 0.588. The summed E-state index contributed by atoms with van der Waals surface area (Å²) >= 11 is 0. The third-order valence-corrected chi connectivity index (χ3v) is 4.81. The number of hydrogen-bond acceptors (Lipinski definition) is 2. The molecule has 4 heteroatoms. The van der Waals surface area contributed by atoms with Crippen LogP contribution in [0.15, 0.2) is 24.3 Å². The molecule has 1 saturated carbocycles. The first-order valence-electron chi connectivity index (χ1n) is 8.18. The molecule has 1 aliphatic carbocycles. The molecule has 1 aromatic rings. The first kappa shape index (κ1) is 14.2. The molecule has 2 aliphatic rings. The van der Waals surface area contributed by atoms with Gasteiger partial charge in [-0.15, -0.1) is 0 Å². The first-order chi connectivity index (χ1) is 10.3. The van der Waals surface area contributed by atoms with Crippen molar-refractivity contribution in [1.82, 2.24) is 5.32 Å². The number of amides is 2. The minimum Gasteiger partial charge on any atom is -0.382 e. The largest absolute Gasteiger partial charge is 0.382 e. The molecule has 1 heterocycles. The summed E-state index contributed by atoms with van der Waals surface area (Å²) in [7, 11) is 0. The summed E-state index contributed by atoms with van der Waals surface area (Å²) in [6.45, 7) is 3.78. The number of rotatable bonds is 4. The third kappa shape index (κ3) is 3.31. The molecule has 3 rings (SSSR count). The van der Waals surface area contributed by atoms with Gasteiger partial charge in [0, 0.05) is 30.5 Å². The van der Waals surface area contributed by atoms with Crippen molar-refractivity contribution in [2.75, 3.05) is 23.3 Å². The smallest absolute Gasteiger partial charge is 0.321 e. The zero-order valence-corrected chi connectivity index (χ0v) is 12.8. The van der Waals surface area contributed by atoms with Gasteiger partial charge < -0.3 is 10.6 Å². The van der Waals surface area contributed by atoms with Crippen LogP contribution < -0.4 is 15.5 Å². The van der Waals surface area contributed by atoms with Gasteiger partial charge in [-0.1, -0.05) is 19.4 Å². The van der Waals surface area contributed by atoms with Gasteiger partial charge in [0.25, 0.3) is 0 Å². The minimum absolute atomic E-state index is 0.00982. The number of nitrogens with zero attached hydrogens (tertiary/aromatic N) is 1. The first-order valence-corrected chi connectivity index (χ1v) is 8.18. The Balaban J connectivity index is 1.62. The molecular formula is C17H25N3O. The molecule has 0 atom stereocenters. The van der Waals surface area contributed by atoms with E-state index in [1.54, 1.807) is 4.90 Å². The van der Waals surface area contributed by atoms with Crippen LogP contribution in [0.3, 0.4) is 0 Å². The number of nitrogens with one attached hydrogen (secondary N) is 2. The van der Waals surface area contributed by atoms with E-state index in [-0.39, 0.29) is 6.03 Å². The van der Waals surface area contributed by atoms with Crippen molar-refractivity contribution in [1.29, 1.82) is 0 Å². The van der Waals surface area contributed by atoms with Crippen LogP contribution in [0.5, 0.6) is 0 Å². The van der Waals surface area contributed by atoms with Gasteiger partial charge in [-0.2, -0.15) is 0 Å². The Hall–Kier alpha value is -1.71. The summed E-state index contributed by atoms with van der Waals surface area (Å²) in [5.41, 5.74) is 2.12. The molecule has 0 radical (unpaired) electrons. The molecular weight excluding hydrogens is 262 g/mol. The van der Waals surface area contributed by atoms with E-state index in [0.29, 0.717) is 6.04 Å². The lowest BCUT2D eigenvalue weighted by molar-refractivity contribution is 0.252. The number of hydrogen-bond donors (Lipinski definition) is 2. The van der Waals surface area contributed by atoms with E-state index in [9.17, 15) is 4.79 Å². The quantitative estimate of drug-likeness (QED) is 0.888. The van der Waals surface area contributed by atoms with Gasteiger partial charge in [0.15, 0.2) is 0 Å². The van der Waals surface area contributed by atoms with Crippen molar-refractivity contribution in [3.63, 3.8) is 0 Å². The summed E-state index contributed by atoms with van der Waals surface area (Å²) in [4.78, 5) is 13.5. The highest BCUT2D eigenvalue weighted by atomic mass is 16.2. The molecule has 1 saturated heterocycles. The standard InChI is InChI=1S/C17H25N3O/c1-2-13-6-8-14(9-7-13)19-15-4-3-5-16(12-15)20-11-10-18-17(20)21/h3-5,12-14,19H,2,6-11H2,1H3,(H,18,21). The Morgan fingerprint density at radius 3 is 2.76 bits per heavy atom. The lowest BCUT2D eigenvalue weighted by Gasteiger charge is -2.29. The molecule has 2 N–H and O–H groups in total. The Kier molecular flexibility index (Phi) is 4.32. The van der Waals surface area contributed by atoms with Gasteiger partial charge in [-0.25, -0.2) is 4.79 Å². The van der Waals surface area contributed by atoms with Crippen LogP contribution in [-0.2, 0) is 0 Å². The average Bonchev–Trinajstić information content (AvgIpc) is 2.94. The lowest BCUT2D eigenvalue weighted by atomic mass is 9.84. The van der Waals surface area contributed by atoms with Gasteiger partial charge in [0.2, 0.25) is 0 Å². The van der Waals surface area contributed by atoms with Crippen LogP contribution in [0.1, 0.15) is 39.0 Å². The van der Waals surface area contributed by atoms with Gasteiger partial charge in [0.05, 0.1) is 0 Å². The number of urea groups is 1. The van der Waals surface area contributed by atoms with E-state index in [0.717, 1.165) is 30.4 Å². The lowest BCUT2D eigenvalue weighted by Crippen LogP contribution is -2.28. The molecule has 1 aromatic carbocycles. The van der Waals surface area contributed by atoms with Crippen LogP contribution in [0.2, 0.25) is 0 Å². The van der Waals surface area contributed by atoms with Crippen LogP contribution in [0.25, 0.3) is 0 Å². The van der Waals surface area contributed by atoms with Crippen molar-refractivity contribution in [3.05, 3.63) is 24.3 Å². The fourth-order valence-corrected chi connectivity index (χ4v) is 3.43. The van der Waals surface area contributed by atoms with E-state index in [1.807, 2.05) is 12.1 Å². The van der Waals surface area contributed by atoms with Gasteiger partial charge >= 0.3 is 6.03 Å². The second-order valence-electron chi connectivity index (χ2n) is 6.20. The maximum Gasteiger partial charge on any atom is 0.321 e. The van der Waals surface area contributed by atoms with Crippen LogP contribution in [-0.4, -0.2) is 25.2 Å². The molecule has 0 aromatic heterocycles. The van der Waals surface area contributed by atoms with Crippen LogP contribution in [0.4, 0.5) is 16.2 Å². The summed E-state index contributed by atoms with van der Waals surface area (Å²) in [6.07, 6.45) is 6.50. The second kappa shape index (κ2) is 6.37. The Morgan fingerprint density at radius 2 is 2.10 bits per heavy atom. The minimum atomic E-state index is 0.00982. The van der Waals surface area contributed by atoms with Crippen molar-refractivity contribution >= 4 is 17.4 Å². The van der Waals surface area contributed by atoms with E-state index in [1.165, 1.54) is 32.1 Å². The molecule has 1 aliphatic heterocycles. The van der Waals surface area contributed by atoms with Gasteiger partial charge in [-0.3, -0.25) is 4.90 Å². The molecule has 2 amide bonds. The Labute approximate surface area is 126 Å². The summed E-state index contributed by atoms with van der Waals surface area (Å²) in [5.74, 6) is 0.919. The second-order valence-corrected chi connectivity index (χ2v) is 6.20. The van der Waals surface area contributed by atoms with E-state index in [2.05, 4.69) is 29.7 Å². The van der Waals surface area contributed by atoms with Gasteiger partial charge in [-0.05, 0) is 49.8 Å². The predicted molar refractivity (Wildman–Crippen MR) is 86.8 cm³/mol. The van der Waals surface area contributed by atoms with Gasteiger partial charge in [0.1, 0.15) is 0 Å². The van der Waals surface area contributed by atoms with E-state index in [4.69, 9.17) is 0 Å². The maximum atomic E-state index is 11.7. The Morgan fingerprint density at radius 1 is 1.29 bits per heavy atom. The van der Waals surface area contributed by atoms with Crippen molar-refractivity contribution in [2.45, 2.75) is 45.1 Å². The summed E-state index contributed by atoms with van der Waals surface area (Å²) in [6, 6.07) is 8.82. The molecule has 4 nitrogen and oxygen atoms in total. The number of anilines is 2. The maximum absolute atomic E-state index is 11.7. The molecule has 2 fully saturated rings.